The lowest BCUT2D eigenvalue weighted by Gasteiger charge is -2.25. The highest BCUT2D eigenvalue weighted by Gasteiger charge is 2.33. The fourth-order valence-electron chi connectivity index (χ4n) is 2.47. The fraction of sp³-hybridized carbons (Fsp3) is 0.125. The number of para-hydroxylation sites is 1. The topological polar surface area (TPSA) is 32.7 Å². The molecule has 7 heteroatoms. The lowest BCUT2D eigenvalue weighted by atomic mass is 10.0. The summed E-state index contributed by atoms with van der Waals surface area (Å²) in [5, 5.41) is 5.76. The third-order valence-electron chi connectivity index (χ3n) is 3.56. The standard InChI is InChI=1S/C16H10BrCl2FN2O/c17-10-6-5-9(7-12(10)20)15-8-13(16(19)23)21-22(15)14-4-2-1-3-11(14)18/h1-7,15H,8H2. The van der Waals surface area contributed by atoms with Crippen LogP contribution >= 0.6 is 39.1 Å². The summed E-state index contributed by atoms with van der Waals surface area (Å²) in [5.41, 5.74) is 1.54. The first-order valence-electron chi connectivity index (χ1n) is 6.73. The highest BCUT2D eigenvalue weighted by atomic mass is 79.9. The summed E-state index contributed by atoms with van der Waals surface area (Å²) in [4.78, 5) is 11.5. The van der Waals surface area contributed by atoms with Crippen LogP contribution in [0, 0.1) is 5.82 Å². The van der Waals surface area contributed by atoms with Crippen LogP contribution in [0.15, 0.2) is 52.0 Å². The zero-order valence-corrected chi connectivity index (χ0v) is 14.7. The van der Waals surface area contributed by atoms with Crippen molar-refractivity contribution in [1.29, 1.82) is 0 Å². The number of carbonyl (C=O) groups excluding carboxylic acids is 1. The van der Waals surface area contributed by atoms with Gasteiger partial charge in [-0.1, -0.05) is 29.8 Å². The predicted molar refractivity (Wildman–Crippen MR) is 93.7 cm³/mol. The van der Waals surface area contributed by atoms with Gasteiger partial charge in [0.05, 0.1) is 21.2 Å². The molecule has 0 saturated heterocycles. The second-order valence-electron chi connectivity index (χ2n) is 5.01. The maximum absolute atomic E-state index is 13.9. The number of rotatable bonds is 3. The van der Waals surface area contributed by atoms with Gasteiger partial charge in [0.1, 0.15) is 11.5 Å². The molecule has 0 saturated carbocycles. The average Bonchev–Trinajstić information content (AvgIpc) is 2.96. The minimum atomic E-state index is -0.623. The largest absolute Gasteiger partial charge is 0.274 e. The van der Waals surface area contributed by atoms with Gasteiger partial charge in [-0.15, -0.1) is 0 Å². The van der Waals surface area contributed by atoms with Crippen molar-refractivity contribution in [3.8, 4) is 0 Å². The van der Waals surface area contributed by atoms with E-state index in [1.165, 1.54) is 6.07 Å². The first kappa shape index (κ1) is 16.4. The van der Waals surface area contributed by atoms with Crippen LogP contribution in [0.25, 0.3) is 0 Å². The van der Waals surface area contributed by atoms with Crippen LogP contribution in [0.4, 0.5) is 10.1 Å². The van der Waals surface area contributed by atoms with Gasteiger partial charge in [0.2, 0.25) is 0 Å². The van der Waals surface area contributed by atoms with Gasteiger partial charge in [-0.2, -0.15) is 5.10 Å². The van der Waals surface area contributed by atoms with Crippen molar-refractivity contribution >= 4 is 55.8 Å². The third-order valence-corrected chi connectivity index (χ3v) is 4.75. The molecule has 1 aliphatic heterocycles. The highest BCUT2D eigenvalue weighted by Crippen LogP contribution is 2.39. The summed E-state index contributed by atoms with van der Waals surface area (Å²) in [6.07, 6.45) is 0.286. The molecule has 2 aromatic rings. The predicted octanol–water partition coefficient (Wildman–Crippen LogP) is 5.31. The summed E-state index contributed by atoms with van der Waals surface area (Å²) in [6, 6.07) is 11.6. The van der Waals surface area contributed by atoms with E-state index in [1.54, 1.807) is 35.3 Å². The van der Waals surface area contributed by atoms with Crippen LogP contribution in [0.5, 0.6) is 0 Å². The molecule has 0 N–H and O–H groups in total. The summed E-state index contributed by atoms with van der Waals surface area (Å²) < 4.78 is 14.2. The lowest BCUT2D eigenvalue weighted by Crippen LogP contribution is -2.19. The molecule has 1 atom stereocenters. The first-order chi connectivity index (χ1) is 11.0. The molecule has 3 nitrogen and oxygen atoms in total. The van der Waals surface area contributed by atoms with Gasteiger partial charge in [0, 0.05) is 6.42 Å². The zero-order valence-electron chi connectivity index (χ0n) is 11.6. The Labute approximate surface area is 150 Å². The molecule has 23 heavy (non-hydrogen) atoms. The number of hydrogen-bond donors (Lipinski definition) is 0. The Morgan fingerprint density at radius 3 is 2.70 bits per heavy atom. The first-order valence-corrected chi connectivity index (χ1v) is 8.28. The molecule has 1 unspecified atom stereocenters. The van der Waals surface area contributed by atoms with E-state index in [4.69, 9.17) is 23.2 Å². The van der Waals surface area contributed by atoms with E-state index in [1.807, 2.05) is 6.07 Å². The number of benzene rings is 2. The van der Waals surface area contributed by atoms with Crippen molar-refractivity contribution in [3.05, 3.63) is 63.3 Å². The summed E-state index contributed by atoms with van der Waals surface area (Å²) in [5.74, 6) is -0.382. The fourth-order valence-corrected chi connectivity index (χ4v) is 3.05. The molecule has 0 spiro atoms. The Morgan fingerprint density at radius 1 is 1.30 bits per heavy atom. The van der Waals surface area contributed by atoms with Crippen LogP contribution in [-0.4, -0.2) is 11.0 Å². The molecule has 0 radical (unpaired) electrons. The van der Waals surface area contributed by atoms with Crippen LogP contribution in [0.3, 0.4) is 0 Å². The van der Waals surface area contributed by atoms with Gasteiger partial charge in [-0.05, 0) is 57.4 Å². The minimum Gasteiger partial charge on any atom is -0.274 e. The summed E-state index contributed by atoms with van der Waals surface area (Å²) >= 11 is 14.9. The van der Waals surface area contributed by atoms with Gasteiger partial charge >= 0.3 is 0 Å². The van der Waals surface area contributed by atoms with E-state index in [0.717, 1.165) is 0 Å². The SMILES string of the molecule is O=C(Cl)C1=NN(c2ccccc2Cl)C(c2ccc(Br)c(F)c2)C1. The van der Waals surface area contributed by atoms with Gasteiger partial charge in [0.25, 0.3) is 5.24 Å². The summed E-state index contributed by atoms with van der Waals surface area (Å²) in [6.45, 7) is 0. The number of nitrogens with zero attached hydrogens (tertiary/aromatic N) is 2. The molecule has 3 rings (SSSR count). The van der Waals surface area contributed by atoms with Crippen LogP contribution in [-0.2, 0) is 4.79 Å². The molecule has 1 heterocycles. The van der Waals surface area contributed by atoms with Crippen molar-refractivity contribution < 1.29 is 9.18 Å². The number of anilines is 1. The second-order valence-corrected chi connectivity index (χ2v) is 6.61. The Bertz CT molecular complexity index is 812. The van der Waals surface area contributed by atoms with E-state index in [0.29, 0.717) is 20.7 Å². The van der Waals surface area contributed by atoms with E-state index < -0.39 is 5.24 Å². The summed E-state index contributed by atoms with van der Waals surface area (Å²) in [7, 11) is 0. The number of carbonyl (C=O) groups is 1. The smallest absolute Gasteiger partial charge is 0.268 e. The van der Waals surface area contributed by atoms with Crippen LogP contribution in [0.1, 0.15) is 18.0 Å². The molecule has 1 aliphatic rings. The van der Waals surface area contributed by atoms with E-state index in [2.05, 4.69) is 21.0 Å². The Balaban J connectivity index is 2.06. The van der Waals surface area contributed by atoms with E-state index in [9.17, 15) is 9.18 Å². The number of hydrogen-bond acceptors (Lipinski definition) is 3. The minimum absolute atomic E-state index is 0.222. The Hall–Kier alpha value is -1.43. The maximum atomic E-state index is 13.9. The van der Waals surface area contributed by atoms with Gasteiger partial charge in [-0.3, -0.25) is 9.80 Å². The van der Waals surface area contributed by atoms with E-state index in [-0.39, 0.29) is 24.0 Å². The van der Waals surface area contributed by atoms with Gasteiger partial charge in [-0.25, -0.2) is 4.39 Å². The monoisotopic (exact) mass is 414 g/mol. The molecule has 0 fully saturated rings. The maximum Gasteiger partial charge on any atom is 0.268 e. The number of hydrazone groups is 1. The van der Waals surface area contributed by atoms with E-state index >= 15 is 0 Å². The molecule has 2 aromatic carbocycles. The van der Waals surface area contributed by atoms with Crippen molar-refractivity contribution in [2.75, 3.05) is 5.01 Å². The quantitative estimate of drug-likeness (QED) is 0.636. The molecule has 0 aliphatic carbocycles. The number of halogens is 4. The Morgan fingerprint density at radius 2 is 2.04 bits per heavy atom. The third kappa shape index (κ3) is 3.27. The molecule has 118 valence electrons. The highest BCUT2D eigenvalue weighted by molar-refractivity contribution is 9.10. The van der Waals surface area contributed by atoms with Gasteiger partial charge < -0.3 is 0 Å². The molecule has 0 aromatic heterocycles. The lowest BCUT2D eigenvalue weighted by molar-refractivity contribution is -0.106. The van der Waals surface area contributed by atoms with Gasteiger partial charge in [0.15, 0.2) is 0 Å². The molecule has 0 amide bonds. The molecular weight excluding hydrogens is 406 g/mol. The van der Waals surface area contributed by atoms with Crippen molar-refractivity contribution in [3.63, 3.8) is 0 Å². The molecule has 0 bridgehead atoms. The zero-order chi connectivity index (χ0) is 16.6. The van der Waals surface area contributed by atoms with Crippen LogP contribution in [0.2, 0.25) is 5.02 Å². The normalized spacial score (nSPS) is 17.3. The van der Waals surface area contributed by atoms with Crippen molar-refractivity contribution in [1.82, 2.24) is 0 Å². The molecular formula is C16H10BrCl2FN2O. The second kappa shape index (κ2) is 6.59. The van der Waals surface area contributed by atoms with Crippen LogP contribution < -0.4 is 5.01 Å². The Kier molecular flexibility index (Phi) is 4.71. The average molecular weight is 416 g/mol. The van der Waals surface area contributed by atoms with Crippen molar-refractivity contribution in [2.24, 2.45) is 5.10 Å². The van der Waals surface area contributed by atoms with Crippen molar-refractivity contribution in [2.45, 2.75) is 12.5 Å².